The van der Waals surface area contributed by atoms with E-state index in [0.717, 1.165) is 35.8 Å². The number of rotatable bonds is 3. The van der Waals surface area contributed by atoms with Crippen LogP contribution in [0.5, 0.6) is 0 Å². The number of aromatic nitrogens is 2. The number of aliphatic imine (C=N–C) groups is 1. The van der Waals surface area contributed by atoms with Crippen LogP contribution >= 0.6 is 0 Å². The first-order valence-electron chi connectivity index (χ1n) is 6.38. The number of nitrogens with one attached hydrogen (secondary N) is 1. The maximum absolute atomic E-state index is 12.2. The lowest BCUT2D eigenvalue weighted by atomic mass is 10.1. The fraction of sp³-hybridized carbons (Fsp3) is 0.357. The van der Waals surface area contributed by atoms with E-state index < -0.39 is 0 Å². The Labute approximate surface area is 111 Å². The summed E-state index contributed by atoms with van der Waals surface area (Å²) >= 11 is 0. The van der Waals surface area contributed by atoms with Crippen molar-refractivity contribution in [3.63, 3.8) is 0 Å². The van der Waals surface area contributed by atoms with Crippen LogP contribution in [0, 0.1) is 6.92 Å². The van der Waals surface area contributed by atoms with Crippen molar-refractivity contribution in [1.82, 2.24) is 14.9 Å². The van der Waals surface area contributed by atoms with Gasteiger partial charge in [-0.05, 0) is 25.1 Å². The summed E-state index contributed by atoms with van der Waals surface area (Å²) < 4.78 is 2.02. The molecule has 1 N–H and O–H groups in total. The number of carbonyl (C=O) groups is 1. The van der Waals surface area contributed by atoms with Crippen LogP contribution in [0.3, 0.4) is 0 Å². The third-order valence-corrected chi connectivity index (χ3v) is 3.50. The Kier molecular flexibility index (Phi) is 2.81. The number of hydrogen-bond acceptors (Lipinski definition) is 4. The van der Waals surface area contributed by atoms with Gasteiger partial charge in [0.05, 0.1) is 24.0 Å². The summed E-state index contributed by atoms with van der Waals surface area (Å²) in [5, 5.41) is 3.12. The third kappa shape index (κ3) is 2.12. The molecule has 19 heavy (non-hydrogen) atoms. The van der Waals surface area contributed by atoms with Gasteiger partial charge in [0.1, 0.15) is 11.7 Å². The summed E-state index contributed by atoms with van der Waals surface area (Å²) in [6.07, 6.45) is 0.345. The van der Waals surface area contributed by atoms with E-state index in [1.807, 2.05) is 36.7 Å². The molecule has 0 spiro atoms. The van der Waals surface area contributed by atoms with Crippen LogP contribution in [-0.4, -0.2) is 34.3 Å². The number of fused-ring (bicyclic) bond motifs is 1. The molecule has 0 saturated carbocycles. The number of imidazole rings is 1. The van der Waals surface area contributed by atoms with E-state index in [1.165, 1.54) is 0 Å². The summed E-state index contributed by atoms with van der Waals surface area (Å²) in [5.41, 5.74) is 2.61. The van der Waals surface area contributed by atoms with Crippen molar-refractivity contribution in [2.45, 2.75) is 13.3 Å². The van der Waals surface area contributed by atoms with Crippen LogP contribution in [0.4, 0.5) is 0 Å². The zero-order valence-corrected chi connectivity index (χ0v) is 11.1. The average molecular weight is 256 g/mol. The number of hydrogen-bond donors (Lipinski definition) is 1. The van der Waals surface area contributed by atoms with Gasteiger partial charge in [0.2, 0.25) is 0 Å². The van der Waals surface area contributed by atoms with E-state index in [-0.39, 0.29) is 5.78 Å². The first kappa shape index (κ1) is 11.9. The third-order valence-electron chi connectivity index (χ3n) is 3.50. The molecule has 1 aromatic heterocycles. The quantitative estimate of drug-likeness (QED) is 0.846. The first-order valence-corrected chi connectivity index (χ1v) is 6.38. The molecule has 0 radical (unpaired) electrons. The van der Waals surface area contributed by atoms with Crippen molar-refractivity contribution in [1.29, 1.82) is 0 Å². The van der Waals surface area contributed by atoms with Crippen molar-refractivity contribution in [3.05, 3.63) is 29.6 Å². The maximum Gasteiger partial charge on any atom is 0.170 e. The van der Waals surface area contributed by atoms with Gasteiger partial charge < -0.3 is 9.88 Å². The zero-order valence-electron chi connectivity index (χ0n) is 11.1. The van der Waals surface area contributed by atoms with Crippen molar-refractivity contribution < 1.29 is 4.79 Å². The van der Waals surface area contributed by atoms with Crippen LogP contribution in [-0.2, 0) is 7.05 Å². The summed E-state index contributed by atoms with van der Waals surface area (Å²) in [5.74, 6) is 1.82. The topological polar surface area (TPSA) is 59.3 Å². The van der Waals surface area contributed by atoms with Gasteiger partial charge in [-0.15, -0.1) is 0 Å². The minimum Gasteiger partial charge on any atom is -0.372 e. The molecule has 2 heterocycles. The predicted molar refractivity (Wildman–Crippen MR) is 74.7 cm³/mol. The highest BCUT2D eigenvalue weighted by atomic mass is 16.1. The second-order valence-corrected chi connectivity index (χ2v) is 4.78. The highest BCUT2D eigenvalue weighted by Gasteiger charge is 2.14. The molecule has 0 aliphatic carbocycles. The molecule has 5 nitrogen and oxygen atoms in total. The Bertz CT molecular complexity index is 684. The van der Waals surface area contributed by atoms with Gasteiger partial charge in [-0.2, -0.15) is 0 Å². The fourth-order valence-electron chi connectivity index (χ4n) is 2.31. The number of amidine groups is 1. The Hall–Kier alpha value is -2.17. The van der Waals surface area contributed by atoms with Crippen LogP contribution in [0.25, 0.3) is 11.0 Å². The molecule has 3 rings (SSSR count). The fourth-order valence-corrected chi connectivity index (χ4v) is 2.31. The number of benzene rings is 1. The number of ketones is 1. The van der Waals surface area contributed by atoms with E-state index in [0.29, 0.717) is 12.0 Å². The van der Waals surface area contributed by atoms with Crippen LogP contribution < -0.4 is 5.32 Å². The second kappa shape index (κ2) is 4.50. The largest absolute Gasteiger partial charge is 0.372 e. The standard InChI is InChI=1S/C14H16N4O/c1-9-17-11-7-10(3-4-12(11)18(9)2)13(19)8-14-15-5-6-16-14/h3-4,7H,5-6,8H2,1-2H3,(H,15,16). The van der Waals surface area contributed by atoms with Gasteiger partial charge in [-0.25, -0.2) is 4.98 Å². The summed E-state index contributed by atoms with van der Waals surface area (Å²) in [7, 11) is 1.98. The highest BCUT2D eigenvalue weighted by Crippen LogP contribution is 2.17. The van der Waals surface area contributed by atoms with Gasteiger partial charge in [-0.1, -0.05) is 0 Å². The van der Waals surface area contributed by atoms with Gasteiger partial charge in [0.25, 0.3) is 0 Å². The molecule has 5 heteroatoms. The molecule has 0 fully saturated rings. The van der Waals surface area contributed by atoms with Gasteiger partial charge in [0.15, 0.2) is 5.78 Å². The van der Waals surface area contributed by atoms with Crippen molar-refractivity contribution in [2.75, 3.05) is 13.1 Å². The minimum absolute atomic E-state index is 0.0818. The molecule has 1 aromatic carbocycles. The molecule has 0 unspecified atom stereocenters. The highest BCUT2D eigenvalue weighted by molar-refractivity contribution is 6.10. The SMILES string of the molecule is Cc1nc2cc(C(=O)CC3=NCCN3)ccc2n1C. The monoisotopic (exact) mass is 256 g/mol. The van der Waals surface area contributed by atoms with Crippen LogP contribution in [0.1, 0.15) is 22.6 Å². The number of Topliss-reactive ketones (excluding diaryl/α,β-unsaturated/α-hetero) is 1. The second-order valence-electron chi connectivity index (χ2n) is 4.78. The van der Waals surface area contributed by atoms with E-state index in [2.05, 4.69) is 15.3 Å². The molecule has 0 bridgehead atoms. The van der Waals surface area contributed by atoms with Crippen LogP contribution in [0.15, 0.2) is 23.2 Å². The first-order chi connectivity index (χ1) is 9.15. The number of carbonyl (C=O) groups excluding carboxylic acids is 1. The Morgan fingerprint density at radius 2 is 2.32 bits per heavy atom. The molecule has 1 aliphatic rings. The summed E-state index contributed by atoms with van der Waals surface area (Å²) in [4.78, 5) is 20.9. The average Bonchev–Trinajstić information content (AvgIpc) is 2.99. The summed E-state index contributed by atoms with van der Waals surface area (Å²) in [6.45, 7) is 3.56. The van der Waals surface area contributed by atoms with E-state index >= 15 is 0 Å². The molecule has 1 aliphatic heterocycles. The minimum atomic E-state index is 0.0818. The molecular weight excluding hydrogens is 240 g/mol. The molecule has 98 valence electrons. The molecule has 0 atom stereocenters. The number of nitrogens with zero attached hydrogens (tertiary/aromatic N) is 3. The molecule has 2 aromatic rings. The van der Waals surface area contributed by atoms with Crippen LogP contribution in [0.2, 0.25) is 0 Å². The Balaban J connectivity index is 1.90. The molecule has 0 amide bonds. The zero-order chi connectivity index (χ0) is 13.4. The normalized spacial score (nSPS) is 14.5. The predicted octanol–water partition coefficient (Wildman–Crippen LogP) is 1.46. The lowest BCUT2D eigenvalue weighted by molar-refractivity contribution is 0.1000. The van der Waals surface area contributed by atoms with Gasteiger partial charge in [0, 0.05) is 19.2 Å². The Morgan fingerprint density at radius 3 is 3.05 bits per heavy atom. The van der Waals surface area contributed by atoms with Gasteiger partial charge in [-0.3, -0.25) is 9.79 Å². The molecule has 0 saturated heterocycles. The van der Waals surface area contributed by atoms with Crippen molar-refractivity contribution >= 4 is 22.7 Å². The van der Waals surface area contributed by atoms with E-state index in [4.69, 9.17) is 0 Å². The maximum atomic E-state index is 12.2. The van der Waals surface area contributed by atoms with Crippen molar-refractivity contribution in [3.8, 4) is 0 Å². The Morgan fingerprint density at radius 1 is 1.47 bits per heavy atom. The smallest absolute Gasteiger partial charge is 0.170 e. The van der Waals surface area contributed by atoms with Gasteiger partial charge >= 0.3 is 0 Å². The lowest BCUT2D eigenvalue weighted by Crippen LogP contribution is -2.21. The van der Waals surface area contributed by atoms with E-state index in [1.54, 1.807) is 0 Å². The summed E-state index contributed by atoms with van der Waals surface area (Å²) in [6, 6.07) is 5.67. The van der Waals surface area contributed by atoms with Crippen molar-refractivity contribution in [2.24, 2.45) is 12.0 Å². The number of aryl methyl sites for hydroxylation is 2. The molecular formula is C14H16N4O. The lowest BCUT2D eigenvalue weighted by Gasteiger charge is -2.02. The van der Waals surface area contributed by atoms with E-state index in [9.17, 15) is 4.79 Å².